The van der Waals surface area contributed by atoms with Gasteiger partial charge in [-0.2, -0.15) is 0 Å². The average molecular weight is 397 g/mol. The Morgan fingerprint density at radius 2 is 1.48 bits per heavy atom. The molecule has 0 saturated heterocycles. The summed E-state index contributed by atoms with van der Waals surface area (Å²) in [6.45, 7) is 0.121. The van der Waals surface area contributed by atoms with Gasteiger partial charge in [-0.05, 0) is 35.1 Å². The van der Waals surface area contributed by atoms with E-state index in [0.717, 1.165) is 22.3 Å². The number of aliphatic hydroxyl groups is 2. The number of carbonyl (C=O) groups is 2. The number of ether oxygens (including phenoxy) is 1. The number of hydrogen-bond donors (Lipinski definition) is 4. The van der Waals surface area contributed by atoms with Gasteiger partial charge in [-0.1, -0.05) is 48.5 Å². The average Bonchev–Trinajstić information content (AvgIpc) is 3.03. The molecule has 29 heavy (non-hydrogen) atoms. The highest BCUT2D eigenvalue weighted by molar-refractivity contribution is 5.79. The number of nitrogens with one attached hydrogen (secondary N) is 1. The van der Waals surface area contributed by atoms with Crippen LogP contribution in [0.15, 0.2) is 48.5 Å². The first kappa shape index (κ1) is 19.4. The van der Waals surface area contributed by atoms with Gasteiger partial charge in [0.15, 0.2) is 0 Å². The summed E-state index contributed by atoms with van der Waals surface area (Å²) in [6.07, 6.45) is -3.08. The minimum absolute atomic E-state index is 0.0394. The molecule has 1 fully saturated rings. The summed E-state index contributed by atoms with van der Waals surface area (Å²) < 4.78 is 5.45. The number of amides is 1. The SMILES string of the molecule is O=C(N[C@@H]1C[C@@H](O)[C@@H](O)C[C@@H]1C(=O)O)OCC1c2ccccc2-c2ccccc21. The van der Waals surface area contributed by atoms with Gasteiger partial charge < -0.3 is 25.4 Å². The van der Waals surface area contributed by atoms with Crippen LogP contribution in [-0.4, -0.2) is 52.2 Å². The third kappa shape index (κ3) is 3.71. The second-order valence-corrected chi connectivity index (χ2v) is 7.63. The number of fused-ring (bicyclic) bond motifs is 3. The summed E-state index contributed by atoms with van der Waals surface area (Å²) >= 11 is 0. The minimum atomic E-state index is -1.13. The smallest absolute Gasteiger partial charge is 0.407 e. The molecular weight excluding hydrogens is 374 g/mol. The molecule has 0 heterocycles. The zero-order valence-electron chi connectivity index (χ0n) is 15.7. The number of carboxylic acid groups (broad SMARTS) is 1. The van der Waals surface area contributed by atoms with E-state index in [1.807, 2.05) is 48.5 Å². The van der Waals surface area contributed by atoms with Crippen LogP contribution in [0.2, 0.25) is 0 Å². The maximum Gasteiger partial charge on any atom is 0.407 e. The van der Waals surface area contributed by atoms with E-state index in [2.05, 4.69) is 5.32 Å². The van der Waals surface area contributed by atoms with Gasteiger partial charge in [0.05, 0.1) is 18.1 Å². The Kier molecular flexibility index (Phi) is 5.25. The van der Waals surface area contributed by atoms with Crippen LogP contribution in [-0.2, 0) is 9.53 Å². The van der Waals surface area contributed by atoms with Crippen LogP contribution in [0.5, 0.6) is 0 Å². The van der Waals surface area contributed by atoms with Crippen molar-refractivity contribution in [2.45, 2.75) is 37.0 Å². The lowest BCUT2D eigenvalue weighted by atomic mass is 9.81. The molecule has 0 aliphatic heterocycles. The Balaban J connectivity index is 1.44. The fourth-order valence-corrected chi connectivity index (χ4v) is 4.39. The van der Waals surface area contributed by atoms with Gasteiger partial charge >= 0.3 is 12.1 Å². The van der Waals surface area contributed by atoms with Crippen LogP contribution >= 0.6 is 0 Å². The van der Waals surface area contributed by atoms with E-state index < -0.39 is 36.2 Å². The van der Waals surface area contributed by atoms with Gasteiger partial charge in [-0.25, -0.2) is 4.79 Å². The van der Waals surface area contributed by atoms with Crippen molar-refractivity contribution in [3.63, 3.8) is 0 Å². The van der Waals surface area contributed by atoms with Gasteiger partial charge in [-0.3, -0.25) is 4.79 Å². The molecule has 7 heteroatoms. The van der Waals surface area contributed by atoms with Gasteiger partial charge in [0, 0.05) is 12.0 Å². The zero-order chi connectivity index (χ0) is 20.5. The number of carboxylic acids is 1. The number of rotatable bonds is 4. The minimum Gasteiger partial charge on any atom is -0.481 e. The highest BCUT2D eigenvalue weighted by Gasteiger charge is 2.40. The Hall–Kier alpha value is -2.90. The molecule has 0 bridgehead atoms. The first-order valence-electron chi connectivity index (χ1n) is 9.66. The van der Waals surface area contributed by atoms with E-state index in [4.69, 9.17) is 4.74 Å². The lowest BCUT2D eigenvalue weighted by molar-refractivity contribution is -0.147. The van der Waals surface area contributed by atoms with E-state index in [0.29, 0.717) is 0 Å². The van der Waals surface area contributed by atoms with Crippen molar-refractivity contribution in [3.05, 3.63) is 59.7 Å². The van der Waals surface area contributed by atoms with Crippen LogP contribution < -0.4 is 5.32 Å². The Morgan fingerprint density at radius 3 is 2.07 bits per heavy atom. The lowest BCUT2D eigenvalue weighted by Gasteiger charge is -2.35. The van der Waals surface area contributed by atoms with Crippen molar-refractivity contribution >= 4 is 12.1 Å². The Labute approximate surface area is 167 Å². The van der Waals surface area contributed by atoms with E-state index in [9.17, 15) is 24.9 Å². The molecule has 0 aromatic heterocycles. The number of aliphatic hydroxyl groups excluding tert-OH is 2. The fraction of sp³-hybridized carbons (Fsp3) is 0.364. The maximum absolute atomic E-state index is 12.4. The predicted octanol–water partition coefficient (Wildman–Crippen LogP) is 2.11. The summed E-state index contributed by atoms with van der Waals surface area (Å²) in [5, 5.41) is 31.5. The second kappa shape index (κ2) is 7.85. The van der Waals surface area contributed by atoms with Crippen molar-refractivity contribution in [3.8, 4) is 11.1 Å². The molecular formula is C22H23NO6. The summed E-state index contributed by atoms with van der Waals surface area (Å²) in [7, 11) is 0. The summed E-state index contributed by atoms with van der Waals surface area (Å²) in [5.41, 5.74) is 4.40. The van der Waals surface area contributed by atoms with E-state index in [-0.39, 0.29) is 25.4 Å². The van der Waals surface area contributed by atoms with Gasteiger partial charge in [0.2, 0.25) is 0 Å². The molecule has 2 aliphatic carbocycles. The molecule has 0 unspecified atom stereocenters. The third-order valence-corrected chi connectivity index (χ3v) is 5.88. The molecule has 0 radical (unpaired) electrons. The molecule has 152 valence electrons. The highest BCUT2D eigenvalue weighted by atomic mass is 16.5. The van der Waals surface area contributed by atoms with Crippen molar-refractivity contribution < 1.29 is 29.6 Å². The van der Waals surface area contributed by atoms with Crippen LogP contribution in [0, 0.1) is 5.92 Å². The molecule has 4 rings (SSSR count). The quantitative estimate of drug-likeness (QED) is 0.628. The van der Waals surface area contributed by atoms with Crippen molar-refractivity contribution in [1.29, 1.82) is 0 Å². The lowest BCUT2D eigenvalue weighted by Crippen LogP contribution is -2.52. The first-order valence-corrected chi connectivity index (χ1v) is 9.66. The van der Waals surface area contributed by atoms with Crippen LogP contribution in [0.4, 0.5) is 4.79 Å². The largest absolute Gasteiger partial charge is 0.481 e. The summed E-state index contributed by atoms with van der Waals surface area (Å²) in [5.74, 6) is -2.20. The highest BCUT2D eigenvalue weighted by Crippen LogP contribution is 2.44. The fourth-order valence-electron chi connectivity index (χ4n) is 4.39. The molecule has 1 amide bonds. The summed E-state index contributed by atoms with van der Waals surface area (Å²) in [4.78, 5) is 23.8. The molecule has 4 N–H and O–H groups in total. The Morgan fingerprint density at radius 1 is 0.931 bits per heavy atom. The van der Waals surface area contributed by atoms with Gasteiger partial charge in [0.1, 0.15) is 6.61 Å². The zero-order valence-corrected chi connectivity index (χ0v) is 15.7. The molecule has 2 aliphatic rings. The van der Waals surface area contributed by atoms with E-state index in [1.54, 1.807) is 0 Å². The van der Waals surface area contributed by atoms with E-state index >= 15 is 0 Å². The van der Waals surface area contributed by atoms with Crippen LogP contribution in [0.3, 0.4) is 0 Å². The number of aliphatic carboxylic acids is 1. The van der Waals surface area contributed by atoms with Crippen LogP contribution in [0.1, 0.15) is 29.9 Å². The van der Waals surface area contributed by atoms with Gasteiger partial charge in [-0.15, -0.1) is 0 Å². The molecule has 0 spiro atoms. The van der Waals surface area contributed by atoms with Crippen molar-refractivity contribution in [1.82, 2.24) is 5.32 Å². The topological polar surface area (TPSA) is 116 Å². The van der Waals surface area contributed by atoms with Crippen molar-refractivity contribution in [2.24, 2.45) is 5.92 Å². The van der Waals surface area contributed by atoms with E-state index in [1.165, 1.54) is 0 Å². The standard InChI is InChI=1S/C22H23NO6/c24-19-9-16(21(26)27)18(10-20(19)25)23-22(28)29-11-17-14-7-3-1-5-12(14)13-6-2-4-8-15(13)17/h1-8,16-20,24-25H,9-11H2,(H,23,28)(H,26,27)/t16-,18+,19-,20+/m0/s1. The normalized spacial score (nSPS) is 25.7. The molecule has 2 aromatic carbocycles. The van der Waals surface area contributed by atoms with Gasteiger partial charge in [0.25, 0.3) is 0 Å². The molecule has 7 nitrogen and oxygen atoms in total. The van der Waals surface area contributed by atoms with Crippen LogP contribution in [0.25, 0.3) is 11.1 Å². The number of alkyl carbamates (subject to hydrolysis) is 1. The summed E-state index contributed by atoms with van der Waals surface area (Å²) in [6, 6.07) is 15.2. The molecule has 1 saturated carbocycles. The number of carbonyl (C=O) groups excluding carboxylic acids is 1. The number of benzene rings is 2. The third-order valence-electron chi connectivity index (χ3n) is 5.88. The maximum atomic E-state index is 12.4. The monoisotopic (exact) mass is 397 g/mol. The van der Waals surface area contributed by atoms with Crippen molar-refractivity contribution in [2.75, 3.05) is 6.61 Å². The molecule has 4 atom stereocenters. The Bertz CT molecular complexity index is 884. The second-order valence-electron chi connectivity index (χ2n) is 7.63. The first-order chi connectivity index (χ1) is 14.0. The molecule has 2 aromatic rings. The predicted molar refractivity (Wildman–Crippen MR) is 104 cm³/mol. The number of hydrogen-bond acceptors (Lipinski definition) is 5.